The van der Waals surface area contributed by atoms with Crippen LogP contribution in [0.25, 0.3) is 0 Å². The SMILES string of the molecule is CCN(C(=O)c1ccc(NC)cc1C)C(C)COC. The molecule has 1 rings (SSSR count). The van der Waals surface area contributed by atoms with Gasteiger partial charge in [0, 0.05) is 32.0 Å². The Hall–Kier alpha value is -1.55. The molecule has 0 radical (unpaired) electrons. The first-order valence-electron chi connectivity index (χ1n) is 6.63. The van der Waals surface area contributed by atoms with E-state index in [1.54, 1.807) is 7.11 Å². The van der Waals surface area contributed by atoms with E-state index in [1.807, 2.05) is 50.9 Å². The summed E-state index contributed by atoms with van der Waals surface area (Å²) in [5.74, 6) is 0.0622. The molecule has 0 saturated heterocycles. The van der Waals surface area contributed by atoms with Gasteiger partial charge in [-0.15, -0.1) is 0 Å². The average Bonchev–Trinajstić information content (AvgIpc) is 2.39. The van der Waals surface area contributed by atoms with E-state index in [9.17, 15) is 4.79 Å². The van der Waals surface area contributed by atoms with E-state index in [1.165, 1.54) is 0 Å². The molecule has 0 spiro atoms. The van der Waals surface area contributed by atoms with Crippen LogP contribution < -0.4 is 5.32 Å². The highest BCUT2D eigenvalue weighted by Crippen LogP contribution is 2.17. The standard InChI is InChI=1S/C15H24N2O2/c1-6-17(12(3)10-19-5)15(18)14-8-7-13(16-4)9-11(14)2/h7-9,12,16H,6,10H2,1-5H3. The first-order chi connectivity index (χ1) is 9.04. The van der Waals surface area contributed by atoms with Crippen molar-refractivity contribution in [2.75, 3.05) is 32.6 Å². The molecule has 0 aliphatic carbocycles. The number of carbonyl (C=O) groups excluding carboxylic acids is 1. The molecule has 1 amide bonds. The molecule has 0 aromatic heterocycles. The number of benzene rings is 1. The number of anilines is 1. The van der Waals surface area contributed by atoms with Gasteiger partial charge in [0.1, 0.15) is 0 Å². The van der Waals surface area contributed by atoms with Crippen molar-refractivity contribution in [1.29, 1.82) is 0 Å². The van der Waals surface area contributed by atoms with Gasteiger partial charge in [-0.25, -0.2) is 0 Å². The summed E-state index contributed by atoms with van der Waals surface area (Å²) in [5, 5.41) is 3.08. The van der Waals surface area contributed by atoms with Gasteiger partial charge in [0.2, 0.25) is 0 Å². The maximum absolute atomic E-state index is 12.6. The first kappa shape index (κ1) is 15.5. The number of amides is 1. The number of carbonyl (C=O) groups is 1. The van der Waals surface area contributed by atoms with Crippen LogP contribution in [0.4, 0.5) is 5.69 Å². The number of hydrogen-bond acceptors (Lipinski definition) is 3. The number of methoxy groups -OCH3 is 1. The van der Waals surface area contributed by atoms with Gasteiger partial charge < -0.3 is 15.0 Å². The van der Waals surface area contributed by atoms with Crippen molar-refractivity contribution in [3.63, 3.8) is 0 Å². The van der Waals surface area contributed by atoms with Crippen molar-refractivity contribution in [1.82, 2.24) is 4.90 Å². The molecular formula is C15H24N2O2. The number of nitrogens with one attached hydrogen (secondary N) is 1. The van der Waals surface area contributed by atoms with Gasteiger partial charge >= 0.3 is 0 Å². The zero-order chi connectivity index (χ0) is 14.4. The summed E-state index contributed by atoms with van der Waals surface area (Å²) < 4.78 is 5.14. The van der Waals surface area contributed by atoms with Gasteiger partial charge in [-0.3, -0.25) is 4.79 Å². The Kier molecular flexibility index (Phi) is 5.83. The second-order valence-corrected chi connectivity index (χ2v) is 4.68. The fourth-order valence-corrected chi connectivity index (χ4v) is 2.20. The summed E-state index contributed by atoms with van der Waals surface area (Å²) in [7, 11) is 3.52. The van der Waals surface area contributed by atoms with Crippen LogP contribution in [0.1, 0.15) is 29.8 Å². The van der Waals surface area contributed by atoms with Crippen LogP contribution in [0, 0.1) is 6.92 Å². The van der Waals surface area contributed by atoms with Gasteiger partial charge in [0.05, 0.1) is 12.6 Å². The van der Waals surface area contributed by atoms with Crippen LogP contribution in [0.5, 0.6) is 0 Å². The molecule has 1 aromatic carbocycles. The highest BCUT2D eigenvalue weighted by Gasteiger charge is 2.21. The molecular weight excluding hydrogens is 240 g/mol. The lowest BCUT2D eigenvalue weighted by Crippen LogP contribution is -2.41. The summed E-state index contributed by atoms with van der Waals surface area (Å²) >= 11 is 0. The number of rotatable bonds is 6. The predicted octanol–water partition coefficient (Wildman–Crippen LogP) is 2.53. The third kappa shape index (κ3) is 3.70. The van der Waals surface area contributed by atoms with Crippen molar-refractivity contribution in [3.8, 4) is 0 Å². The van der Waals surface area contributed by atoms with Crippen molar-refractivity contribution in [3.05, 3.63) is 29.3 Å². The molecule has 0 bridgehead atoms. The lowest BCUT2D eigenvalue weighted by atomic mass is 10.1. The average molecular weight is 264 g/mol. The molecule has 19 heavy (non-hydrogen) atoms. The monoisotopic (exact) mass is 264 g/mol. The largest absolute Gasteiger partial charge is 0.388 e. The minimum Gasteiger partial charge on any atom is -0.388 e. The lowest BCUT2D eigenvalue weighted by molar-refractivity contribution is 0.0578. The quantitative estimate of drug-likeness (QED) is 0.858. The molecule has 0 saturated carbocycles. The Morgan fingerprint density at radius 1 is 1.47 bits per heavy atom. The van der Waals surface area contributed by atoms with Gasteiger partial charge in [0.15, 0.2) is 0 Å². The summed E-state index contributed by atoms with van der Waals surface area (Å²) in [6.45, 7) is 7.18. The van der Waals surface area contributed by atoms with Gasteiger partial charge in [-0.2, -0.15) is 0 Å². The lowest BCUT2D eigenvalue weighted by Gasteiger charge is -2.28. The number of likely N-dealkylation sites (N-methyl/N-ethyl adjacent to an activating group) is 1. The van der Waals surface area contributed by atoms with Crippen molar-refractivity contribution >= 4 is 11.6 Å². The maximum Gasteiger partial charge on any atom is 0.254 e. The second-order valence-electron chi connectivity index (χ2n) is 4.68. The molecule has 1 unspecified atom stereocenters. The van der Waals surface area contributed by atoms with Crippen molar-refractivity contribution < 1.29 is 9.53 Å². The van der Waals surface area contributed by atoms with Gasteiger partial charge in [-0.1, -0.05) is 0 Å². The maximum atomic E-state index is 12.6. The summed E-state index contributed by atoms with van der Waals surface area (Å²) in [4.78, 5) is 14.4. The zero-order valence-corrected chi connectivity index (χ0v) is 12.5. The summed E-state index contributed by atoms with van der Waals surface area (Å²) in [6.07, 6.45) is 0. The van der Waals surface area contributed by atoms with Crippen LogP contribution in [0.3, 0.4) is 0 Å². The van der Waals surface area contributed by atoms with E-state index in [4.69, 9.17) is 4.74 Å². The minimum atomic E-state index is 0.0622. The molecule has 1 atom stereocenters. The fourth-order valence-electron chi connectivity index (χ4n) is 2.20. The van der Waals surface area contributed by atoms with Crippen LogP contribution in [0.2, 0.25) is 0 Å². The van der Waals surface area contributed by atoms with Gasteiger partial charge in [-0.05, 0) is 44.5 Å². The van der Waals surface area contributed by atoms with Crippen molar-refractivity contribution in [2.24, 2.45) is 0 Å². The highest BCUT2D eigenvalue weighted by molar-refractivity contribution is 5.96. The predicted molar refractivity (Wildman–Crippen MR) is 78.8 cm³/mol. The number of aryl methyl sites for hydroxylation is 1. The Labute approximate surface area is 115 Å². The van der Waals surface area contributed by atoms with Crippen LogP contribution in [0.15, 0.2) is 18.2 Å². The van der Waals surface area contributed by atoms with Crippen molar-refractivity contribution in [2.45, 2.75) is 26.8 Å². The first-order valence-corrected chi connectivity index (χ1v) is 6.63. The minimum absolute atomic E-state index is 0.0622. The third-order valence-electron chi connectivity index (χ3n) is 3.29. The zero-order valence-electron chi connectivity index (χ0n) is 12.5. The van der Waals surface area contributed by atoms with E-state index in [0.717, 1.165) is 16.8 Å². The number of nitrogens with zero attached hydrogens (tertiary/aromatic N) is 1. The second kappa shape index (κ2) is 7.14. The molecule has 0 heterocycles. The highest BCUT2D eigenvalue weighted by atomic mass is 16.5. The molecule has 1 aromatic rings. The Balaban J connectivity index is 2.97. The third-order valence-corrected chi connectivity index (χ3v) is 3.29. The molecule has 106 valence electrons. The van der Waals surface area contributed by atoms with E-state index in [0.29, 0.717) is 13.2 Å². The Bertz CT molecular complexity index is 432. The van der Waals surface area contributed by atoms with Gasteiger partial charge in [0.25, 0.3) is 5.91 Å². The van der Waals surface area contributed by atoms with Crippen LogP contribution >= 0.6 is 0 Å². The van der Waals surface area contributed by atoms with E-state index >= 15 is 0 Å². The molecule has 1 N–H and O–H groups in total. The molecule has 0 aliphatic rings. The molecule has 0 fully saturated rings. The van der Waals surface area contributed by atoms with E-state index < -0.39 is 0 Å². The summed E-state index contributed by atoms with van der Waals surface area (Å²) in [6, 6.07) is 5.87. The fraction of sp³-hybridized carbons (Fsp3) is 0.533. The van der Waals surface area contributed by atoms with Crippen LogP contribution in [-0.4, -0.2) is 44.2 Å². The topological polar surface area (TPSA) is 41.6 Å². The van der Waals surface area contributed by atoms with E-state index in [-0.39, 0.29) is 11.9 Å². The smallest absolute Gasteiger partial charge is 0.254 e. The molecule has 0 aliphatic heterocycles. The summed E-state index contributed by atoms with van der Waals surface area (Å²) in [5.41, 5.74) is 2.76. The van der Waals surface area contributed by atoms with E-state index in [2.05, 4.69) is 5.32 Å². The number of hydrogen-bond donors (Lipinski definition) is 1. The molecule has 4 nitrogen and oxygen atoms in total. The normalized spacial score (nSPS) is 12.1. The van der Waals surface area contributed by atoms with Crippen LogP contribution in [-0.2, 0) is 4.74 Å². The Morgan fingerprint density at radius 2 is 2.16 bits per heavy atom. The Morgan fingerprint density at radius 3 is 2.63 bits per heavy atom. The number of ether oxygens (including phenoxy) is 1. The molecule has 4 heteroatoms.